The van der Waals surface area contributed by atoms with Crippen molar-refractivity contribution in [3.63, 3.8) is 0 Å². The Kier molecular flexibility index (Phi) is 3.97. The summed E-state index contributed by atoms with van der Waals surface area (Å²) in [7, 11) is 0. The van der Waals surface area contributed by atoms with Crippen LogP contribution in [0.25, 0.3) is 0 Å². The third-order valence-corrected chi connectivity index (χ3v) is 2.66. The van der Waals surface area contributed by atoms with E-state index in [4.69, 9.17) is 0 Å². The summed E-state index contributed by atoms with van der Waals surface area (Å²) in [6, 6.07) is 0. The minimum Gasteiger partial charge on any atom is -0.313 e. The smallest absolute Gasteiger partial charge is 0.0797 e. The summed E-state index contributed by atoms with van der Waals surface area (Å²) < 4.78 is 0. The van der Waals surface area contributed by atoms with Gasteiger partial charge < -0.3 is 5.32 Å². The maximum absolute atomic E-state index is 4.19. The molecule has 66 valence electrons. The molecule has 0 radical (unpaired) electrons. The van der Waals surface area contributed by atoms with Crippen molar-refractivity contribution >= 4 is 11.3 Å². The van der Waals surface area contributed by atoms with Gasteiger partial charge in [-0.1, -0.05) is 6.08 Å². The zero-order valence-electron chi connectivity index (χ0n) is 7.34. The number of hydrogen-bond donors (Lipinski definition) is 1. The van der Waals surface area contributed by atoms with Crippen LogP contribution in [0, 0.1) is 6.92 Å². The Morgan fingerprint density at radius 1 is 1.75 bits per heavy atom. The number of thiazole rings is 1. The summed E-state index contributed by atoms with van der Waals surface area (Å²) in [5.41, 5.74) is 3.07. The highest BCUT2D eigenvalue weighted by atomic mass is 32.1. The fourth-order valence-electron chi connectivity index (χ4n) is 0.972. The van der Waals surface area contributed by atoms with Crippen LogP contribution >= 0.6 is 11.3 Å². The maximum Gasteiger partial charge on any atom is 0.0797 e. The molecule has 0 aliphatic heterocycles. The molecule has 0 bridgehead atoms. The first-order valence-electron chi connectivity index (χ1n) is 4.05. The summed E-state index contributed by atoms with van der Waals surface area (Å²) in [5, 5.41) is 3.26. The van der Waals surface area contributed by atoms with E-state index in [2.05, 4.69) is 23.8 Å². The van der Waals surface area contributed by atoms with E-state index in [0.717, 1.165) is 19.5 Å². The number of aryl methyl sites for hydroxylation is 1. The number of hydrogen-bond acceptors (Lipinski definition) is 3. The van der Waals surface area contributed by atoms with E-state index in [-0.39, 0.29) is 0 Å². The van der Waals surface area contributed by atoms with Gasteiger partial charge in [-0.05, 0) is 13.3 Å². The Bertz CT molecular complexity index is 242. The van der Waals surface area contributed by atoms with Crippen LogP contribution in [-0.2, 0) is 6.42 Å². The summed E-state index contributed by atoms with van der Waals surface area (Å²) in [6.45, 7) is 7.59. The highest BCUT2D eigenvalue weighted by Crippen LogP contribution is 2.11. The third-order valence-electron chi connectivity index (χ3n) is 1.66. The predicted octanol–water partition coefficient (Wildman–Crippen LogP) is 1.77. The molecule has 0 aliphatic rings. The summed E-state index contributed by atoms with van der Waals surface area (Å²) >= 11 is 1.73. The fourth-order valence-corrected chi connectivity index (χ4v) is 1.75. The largest absolute Gasteiger partial charge is 0.313 e. The molecule has 0 spiro atoms. The average molecular weight is 182 g/mol. The molecule has 0 fully saturated rings. The number of nitrogens with one attached hydrogen (secondary N) is 1. The molecule has 1 aromatic heterocycles. The first kappa shape index (κ1) is 9.42. The van der Waals surface area contributed by atoms with Crippen LogP contribution in [0.1, 0.15) is 10.6 Å². The first-order valence-corrected chi connectivity index (χ1v) is 4.93. The molecule has 12 heavy (non-hydrogen) atoms. The Labute approximate surface area is 77.3 Å². The van der Waals surface area contributed by atoms with E-state index in [1.807, 2.05) is 11.6 Å². The summed E-state index contributed by atoms with van der Waals surface area (Å²) in [4.78, 5) is 5.57. The van der Waals surface area contributed by atoms with Gasteiger partial charge in [-0.2, -0.15) is 0 Å². The first-order chi connectivity index (χ1) is 5.84. The van der Waals surface area contributed by atoms with E-state index in [9.17, 15) is 0 Å². The molecular weight excluding hydrogens is 168 g/mol. The van der Waals surface area contributed by atoms with Crippen LogP contribution in [0.5, 0.6) is 0 Å². The second kappa shape index (κ2) is 5.06. The van der Waals surface area contributed by atoms with Crippen molar-refractivity contribution in [2.75, 3.05) is 13.1 Å². The number of nitrogens with zero attached hydrogens (tertiary/aromatic N) is 1. The molecule has 0 saturated heterocycles. The van der Waals surface area contributed by atoms with Crippen molar-refractivity contribution in [2.24, 2.45) is 0 Å². The lowest BCUT2D eigenvalue weighted by Crippen LogP contribution is -2.16. The normalized spacial score (nSPS) is 10.1. The van der Waals surface area contributed by atoms with E-state index >= 15 is 0 Å². The average Bonchev–Trinajstić information content (AvgIpc) is 2.46. The Morgan fingerprint density at radius 3 is 3.17 bits per heavy atom. The van der Waals surface area contributed by atoms with Crippen LogP contribution < -0.4 is 5.32 Å². The lowest BCUT2D eigenvalue weighted by molar-refractivity contribution is 0.747. The van der Waals surface area contributed by atoms with E-state index in [0.29, 0.717) is 0 Å². The molecule has 0 aromatic carbocycles. The second-order valence-electron chi connectivity index (χ2n) is 2.60. The topological polar surface area (TPSA) is 24.9 Å². The highest BCUT2D eigenvalue weighted by molar-refractivity contribution is 7.09. The van der Waals surface area contributed by atoms with Gasteiger partial charge in [0.15, 0.2) is 0 Å². The monoisotopic (exact) mass is 182 g/mol. The minimum atomic E-state index is 0.887. The molecule has 0 saturated carbocycles. The third kappa shape index (κ3) is 2.75. The van der Waals surface area contributed by atoms with Gasteiger partial charge in [0, 0.05) is 18.0 Å². The van der Waals surface area contributed by atoms with Gasteiger partial charge >= 0.3 is 0 Å². The highest BCUT2D eigenvalue weighted by Gasteiger charge is 1.98. The lowest BCUT2D eigenvalue weighted by atomic mass is 10.3. The Balaban J connectivity index is 2.24. The number of rotatable bonds is 5. The SMILES string of the molecule is C=CCNCCc1scnc1C. The van der Waals surface area contributed by atoms with Crippen molar-refractivity contribution in [1.82, 2.24) is 10.3 Å². The van der Waals surface area contributed by atoms with Crippen LogP contribution in [0.4, 0.5) is 0 Å². The fraction of sp³-hybridized carbons (Fsp3) is 0.444. The van der Waals surface area contributed by atoms with Gasteiger partial charge in [0.1, 0.15) is 0 Å². The molecule has 0 aliphatic carbocycles. The molecule has 0 amide bonds. The molecule has 1 aromatic rings. The van der Waals surface area contributed by atoms with E-state index < -0.39 is 0 Å². The van der Waals surface area contributed by atoms with Crippen molar-refractivity contribution in [2.45, 2.75) is 13.3 Å². The van der Waals surface area contributed by atoms with Crippen molar-refractivity contribution in [3.05, 3.63) is 28.7 Å². The van der Waals surface area contributed by atoms with Crippen molar-refractivity contribution in [1.29, 1.82) is 0 Å². The zero-order chi connectivity index (χ0) is 8.81. The summed E-state index contributed by atoms with van der Waals surface area (Å²) in [5.74, 6) is 0. The van der Waals surface area contributed by atoms with Gasteiger partial charge in [-0.15, -0.1) is 17.9 Å². The Hall–Kier alpha value is -0.670. The van der Waals surface area contributed by atoms with Gasteiger partial charge in [-0.25, -0.2) is 4.98 Å². The van der Waals surface area contributed by atoms with Gasteiger partial charge in [0.25, 0.3) is 0 Å². The quantitative estimate of drug-likeness (QED) is 0.554. The van der Waals surface area contributed by atoms with E-state index in [1.165, 1.54) is 10.6 Å². The molecule has 3 heteroatoms. The van der Waals surface area contributed by atoms with Gasteiger partial charge in [0.2, 0.25) is 0 Å². The van der Waals surface area contributed by atoms with Crippen LogP contribution in [0.15, 0.2) is 18.2 Å². The van der Waals surface area contributed by atoms with Gasteiger partial charge in [0.05, 0.1) is 11.2 Å². The van der Waals surface area contributed by atoms with Crippen LogP contribution in [-0.4, -0.2) is 18.1 Å². The molecule has 1 rings (SSSR count). The number of aromatic nitrogens is 1. The maximum atomic E-state index is 4.19. The van der Waals surface area contributed by atoms with E-state index in [1.54, 1.807) is 11.3 Å². The zero-order valence-corrected chi connectivity index (χ0v) is 8.16. The van der Waals surface area contributed by atoms with Crippen molar-refractivity contribution in [3.8, 4) is 0 Å². The van der Waals surface area contributed by atoms with Crippen LogP contribution in [0.3, 0.4) is 0 Å². The molecule has 1 heterocycles. The van der Waals surface area contributed by atoms with Crippen LogP contribution in [0.2, 0.25) is 0 Å². The summed E-state index contributed by atoms with van der Waals surface area (Å²) in [6.07, 6.45) is 2.95. The molecular formula is C9H14N2S. The van der Waals surface area contributed by atoms with Crippen molar-refractivity contribution < 1.29 is 0 Å². The molecule has 1 N–H and O–H groups in total. The molecule has 2 nitrogen and oxygen atoms in total. The molecule has 0 atom stereocenters. The molecule has 0 unspecified atom stereocenters. The standard InChI is InChI=1S/C9H14N2S/c1-3-5-10-6-4-9-8(2)11-7-12-9/h3,7,10H,1,4-6H2,2H3. The predicted molar refractivity (Wildman–Crippen MR) is 53.6 cm³/mol. The van der Waals surface area contributed by atoms with Gasteiger partial charge in [-0.3, -0.25) is 0 Å². The lowest BCUT2D eigenvalue weighted by Gasteiger charge is -1.99. The minimum absolute atomic E-state index is 0.887. The second-order valence-corrected chi connectivity index (χ2v) is 3.54. The Morgan fingerprint density at radius 2 is 2.58 bits per heavy atom.